The third-order valence-corrected chi connectivity index (χ3v) is 9.06. The number of rotatable bonds is 15. The molecule has 54 heavy (non-hydrogen) atoms. The highest BCUT2D eigenvalue weighted by Gasteiger charge is 2.44. The second-order valence-electron chi connectivity index (χ2n) is 12.4. The summed E-state index contributed by atoms with van der Waals surface area (Å²) in [5.41, 5.74) is 0.775. The third-order valence-electron chi connectivity index (χ3n) is 9.06. The maximum atomic E-state index is 13.3. The number of ether oxygens (including phenoxy) is 5. The lowest BCUT2D eigenvalue weighted by Crippen LogP contribution is -2.39. The number of aliphatic carboxylic acids is 1. The molecule has 1 saturated heterocycles. The van der Waals surface area contributed by atoms with Crippen LogP contribution in [0.25, 0.3) is 0 Å². The number of nitrogens with one attached hydrogen (secondary N) is 1. The Morgan fingerprint density at radius 3 is 1.94 bits per heavy atom. The van der Waals surface area contributed by atoms with E-state index in [1.54, 1.807) is 44.6 Å². The van der Waals surface area contributed by atoms with Crippen LogP contribution in [0.3, 0.4) is 0 Å². The van der Waals surface area contributed by atoms with Gasteiger partial charge in [-0.3, -0.25) is 19.0 Å². The smallest absolute Gasteiger partial charge is 0.351 e. The second-order valence-corrected chi connectivity index (χ2v) is 12.4. The summed E-state index contributed by atoms with van der Waals surface area (Å²) in [6.07, 6.45) is -2.07. The number of hydrogen-bond acceptors (Lipinski definition) is 10. The van der Waals surface area contributed by atoms with Crippen molar-refractivity contribution in [2.75, 3.05) is 26.1 Å². The lowest BCUT2D eigenvalue weighted by atomic mass is 9.80. The van der Waals surface area contributed by atoms with Gasteiger partial charge in [0.1, 0.15) is 41.4 Å². The molecule has 2 N–H and O–H groups in total. The Bertz CT molecular complexity index is 2060. The minimum atomic E-state index is -1.23. The highest BCUT2D eigenvalue weighted by Crippen LogP contribution is 2.43. The SMILES string of the molecule is COc1ccc(C(OC[C@@H]2O[C@H](n3ccc(NC(=O)c4ccccc4)nc3=O)C[C@@H]2OC(=O)CCC(=O)O)(c2ccccc2)c2ccc(OC)cc2)cc1. The van der Waals surface area contributed by atoms with Crippen LogP contribution in [-0.4, -0.2) is 65.5 Å². The molecular weight excluding hydrogens is 694 g/mol. The molecule has 0 unspecified atom stereocenters. The Kier molecular flexibility index (Phi) is 11.8. The van der Waals surface area contributed by atoms with Gasteiger partial charge in [0.25, 0.3) is 5.91 Å². The molecule has 6 rings (SSSR count). The van der Waals surface area contributed by atoms with Crippen LogP contribution < -0.4 is 20.5 Å². The van der Waals surface area contributed by atoms with E-state index in [4.69, 9.17) is 28.8 Å². The minimum absolute atomic E-state index is 0.0353. The fourth-order valence-electron chi connectivity index (χ4n) is 6.34. The molecule has 1 aromatic heterocycles. The summed E-state index contributed by atoms with van der Waals surface area (Å²) in [5.74, 6) is -0.965. The highest BCUT2D eigenvalue weighted by molar-refractivity contribution is 6.03. The Hall–Kier alpha value is -6.31. The Balaban J connectivity index is 1.33. The van der Waals surface area contributed by atoms with Crippen molar-refractivity contribution in [3.8, 4) is 11.5 Å². The number of carboxylic acids is 1. The average Bonchev–Trinajstić information content (AvgIpc) is 3.60. The molecule has 1 fully saturated rings. The molecule has 0 saturated carbocycles. The molecule has 1 aliphatic heterocycles. The van der Waals surface area contributed by atoms with E-state index in [9.17, 15) is 19.2 Å². The number of nitrogens with zero attached hydrogens (tertiary/aromatic N) is 2. The van der Waals surface area contributed by atoms with Crippen LogP contribution in [0.4, 0.5) is 5.82 Å². The molecule has 1 aliphatic rings. The summed E-state index contributed by atoms with van der Waals surface area (Å²) >= 11 is 0. The van der Waals surface area contributed by atoms with Gasteiger partial charge in [0.2, 0.25) is 0 Å². The summed E-state index contributed by atoms with van der Waals surface area (Å²) in [6, 6.07) is 34.5. The summed E-state index contributed by atoms with van der Waals surface area (Å²) in [5, 5.41) is 11.8. The number of carbonyl (C=O) groups excluding carboxylic acids is 2. The maximum absolute atomic E-state index is 13.3. The molecule has 5 aromatic rings. The van der Waals surface area contributed by atoms with Gasteiger partial charge in [0.15, 0.2) is 0 Å². The zero-order valence-electron chi connectivity index (χ0n) is 29.6. The zero-order valence-corrected chi connectivity index (χ0v) is 29.6. The average molecular weight is 734 g/mol. The fraction of sp³-hybridized carbons (Fsp3) is 0.244. The van der Waals surface area contributed by atoms with Crippen molar-refractivity contribution < 1.29 is 43.2 Å². The van der Waals surface area contributed by atoms with Gasteiger partial charge in [-0.05, 0) is 59.2 Å². The number of carbonyl (C=O) groups is 3. The maximum Gasteiger partial charge on any atom is 0.351 e. The molecule has 0 spiro atoms. The zero-order chi connectivity index (χ0) is 38.1. The van der Waals surface area contributed by atoms with Crippen molar-refractivity contribution in [2.45, 2.75) is 43.3 Å². The van der Waals surface area contributed by atoms with Gasteiger partial charge in [0.05, 0.1) is 33.7 Å². The number of hydrogen-bond donors (Lipinski definition) is 2. The fourth-order valence-corrected chi connectivity index (χ4v) is 6.34. The topological polar surface area (TPSA) is 165 Å². The lowest BCUT2D eigenvalue weighted by Gasteiger charge is -2.37. The normalized spacial score (nSPS) is 16.7. The van der Waals surface area contributed by atoms with E-state index in [2.05, 4.69) is 10.3 Å². The van der Waals surface area contributed by atoms with Crippen molar-refractivity contribution in [1.82, 2.24) is 9.55 Å². The number of benzene rings is 4. The molecule has 0 radical (unpaired) electrons. The van der Waals surface area contributed by atoms with Gasteiger partial charge in [-0.1, -0.05) is 72.8 Å². The molecule has 13 heteroatoms. The van der Waals surface area contributed by atoms with E-state index < -0.39 is 54.0 Å². The first-order valence-electron chi connectivity index (χ1n) is 17.2. The van der Waals surface area contributed by atoms with Crippen molar-refractivity contribution >= 4 is 23.7 Å². The van der Waals surface area contributed by atoms with Crippen LogP contribution in [-0.2, 0) is 29.4 Å². The van der Waals surface area contributed by atoms with E-state index in [0.29, 0.717) is 17.1 Å². The molecule has 278 valence electrons. The molecule has 4 aromatic carbocycles. The predicted octanol–water partition coefficient (Wildman–Crippen LogP) is 5.59. The first-order chi connectivity index (χ1) is 26.2. The monoisotopic (exact) mass is 733 g/mol. The molecule has 0 bridgehead atoms. The van der Waals surface area contributed by atoms with Gasteiger partial charge in [-0.2, -0.15) is 4.98 Å². The van der Waals surface area contributed by atoms with E-state index in [1.165, 1.54) is 16.8 Å². The van der Waals surface area contributed by atoms with Crippen molar-refractivity contribution in [3.05, 3.63) is 154 Å². The van der Waals surface area contributed by atoms with Crippen molar-refractivity contribution in [2.24, 2.45) is 0 Å². The van der Waals surface area contributed by atoms with E-state index >= 15 is 0 Å². The molecule has 13 nitrogen and oxygen atoms in total. The Labute approximate surface area is 311 Å². The molecule has 0 aliphatic carbocycles. The van der Waals surface area contributed by atoms with Gasteiger partial charge < -0.3 is 34.1 Å². The first kappa shape index (κ1) is 37.4. The minimum Gasteiger partial charge on any atom is -0.497 e. The van der Waals surface area contributed by atoms with Gasteiger partial charge in [-0.25, -0.2) is 4.79 Å². The van der Waals surface area contributed by atoms with Crippen LogP contribution in [0.15, 0.2) is 126 Å². The number of esters is 1. The van der Waals surface area contributed by atoms with Gasteiger partial charge in [-0.15, -0.1) is 0 Å². The van der Waals surface area contributed by atoms with E-state index in [1.807, 2.05) is 78.9 Å². The number of methoxy groups -OCH3 is 2. The van der Waals surface area contributed by atoms with Crippen LogP contribution in [0.5, 0.6) is 11.5 Å². The molecular formula is C41H39N3O10. The Morgan fingerprint density at radius 1 is 0.815 bits per heavy atom. The summed E-state index contributed by atoms with van der Waals surface area (Å²) in [6.45, 7) is -0.131. The number of anilines is 1. The van der Waals surface area contributed by atoms with Gasteiger partial charge in [0, 0.05) is 18.2 Å². The predicted molar refractivity (Wildman–Crippen MR) is 196 cm³/mol. The van der Waals surface area contributed by atoms with E-state index in [0.717, 1.165) is 16.7 Å². The van der Waals surface area contributed by atoms with Gasteiger partial charge >= 0.3 is 17.6 Å². The second kappa shape index (κ2) is 17.0. The van der Waals surface area contributed by atoms with Crippen LogP contribution >= 0.6 is 0 Å². The summed E-state index contributed by atoms with van der Waals surface area (Å²) in [7, 11) is 3.17. The van der Waals surface area contributed by atoms with Crippen LogP contribution in [0.2, 0.25) is 0 Å². The van der Waals surface area contributed by atoms with E-state index in [-0.39, 0.29) is 25.3 Å². The number of carboxylic acid groups (broad SMARTS) is 1. The Morgan fingerprint density at radius 2 is 1.39 bits per heavy atom. The first-order valence-corrected chi connectivity index (χ1v) is 17.2. The number of amides is 1. The molecule has 3 atom stereocenters. The number of aromatic nitrogens is 2. The van der Waals surface area contributed by atoms with Crippen molar-refractivity contribution in [1.29, 1.82) is 0 Å². The van der Waals surface area contributed by atoms with Crippen LogP contribution in [0.1, 0.15) is 52.5 Å². The highest BCUT2D eigenvalue weighted by atomic mass is 16.6. The van der Waals surface area contributed by atoms with Crippen molar-refractivity contribution in [3.63, 3.8) is 0 Å². The van der Waals surface area contributed by atoms with Crippen LogP contribution in [0, 0.1) is 0 Å². The molecule has 1 amide bonds. The largest absolute Gasteiger partial charge is 0.497 e. The standard InChI is InChI=1S/C41H39N3O10/c1-50-31-17-13-29(14-18-31)41(28-11-7-4-8-12-28,30-15-19-32(51-2)20-16-30)52-26-34-33(54-38(47)22-21-37(45)46)25-36(53-34)44-24-23-35(43-40(44)49)42-39(48)27-9-5-3-6-10-27/h3-20,23-24,33-34,36H,21-22,25-26H2,1-2H3,(H,45,46)(H,42,43,48,49)/t33-,34-,36-/m0/s1. The lowest BCUT2D eigenvalue weighted by molar-refractivity contribution is -0.157. The summed E-state index contributed by atoms with van der Waals surface area (Å²) < 4.78 is 31.3. The quantitative estimate of drug-likeness (QED) is 0.102. The third kappa shape index (κ3) is 8.49. The molecule has 2 heterocycles. The summed E-state index contributed by atoms with van der Waals surface area (Å²) in [4.78, 5) is 54.2.